The number of nitrogens with one attached hydrogen (secondary N) is 1. The molecule has 0 aliphatic heterocycles. The maximum Gasteiger partial charge on any atom is 0.337 e. The highest BCUT2D eigenvalue weighted by Crippen LogP contribution is 2.33. The summed E-state index contributed by atoms with van der Waals surface area (Å²) in [5.74, 6) is -1.27. The van der Waals surface area contributed by atoms with Crippen molar-refractivity contribution in [2.24, 2.45) is 0 Å². The van der Waals surface area contributed by atoms with E-state index >= 15 is 0 Å². The van der Waals surface area contributed by atoms with Crippen LogP contribution in [0.3, 0.4) is 0 Å². The van der Waals surface area contributed by atoms with Crippen LogP contribution in [-0.2, 0) is 11.3 Å². The van der Waals surface area contributed by atoms with E-state index in [0.717, 1.165) is 0 Å². The van der Waals surface area contributed by atoms with Crippen LogP contribution < -0.4 is 20.3 Å². The molecule has 0 aliphatic rings. The van der Waals surface area contributed by atoms with E-state index in [0.29, 0.717) is 5.56 Å². The van der Waals surface area contributed by atoms with Crippen LogP contribution in [-0.4, -0.2) is 35.8 Å². The molecule has 8 heteroatoms. The average molecular weight is 346 g/mol. The highest BCUT2D eigenvalue weighted by molar-refractivity contribution is 6.01. The zero-order valence-electron chi connectivity index (χ0n) is 14.0. The van der Waals surface area contributed by atoms with Crippen LogP contribution in [0, 0.1) is 6.92 Å². The molecule has 1 amide bonds. The third-order valence-corrected chi connectivity index (χ3v) is 3.55. The van der Waals surface area contributed by atoms with Crippen LogP contribution in [0.2, 0.25) is 0 Å². The molecule has 8 nitrogen and oxygen atoms in total. The third kappa shape index (κ3) is 3.97. The van der Waals surface area contributed by atoms with Gasteiger partial charge in [0, 0.05) is 23.9 Å². The minimum atomic E-state index is -1.23. The highest BCUT2D eigenvalue weighted by Gasteiger charge is 2.18. The van der Waals surface area contributed by atoms with Gasteiger partial charge in [-0.3, -0.25) is 9.59 Å². The summed E-state index contributed by atoms with van der Waals surface area (Å²) in [5.41, 5.74) is 0.120. The first-order valence-electron chi connectivity index (χ1n) is 7.32. The molecule has 132 valence electrons. The van der Waals surface area contributed by atoms with Crippen molar-refractivity contribution in [2.45, 2.75) is 13.5 Å². The van der Waals surface area contributed by atoms with Gasteiger partial charge in [0.05, 0.1) is 25.5 Å². The van der Waals surface area contributed by atoms with E-state index in [-0.39, 0.29) is 34.9 Å². The number of benzene rings is 1. The first-order valence-corrected chi connectivity index (χ1v) is 7.32. The average Bonchev–Trinajstić information content (AvgIpc) is 2.58. The number of carboxylic acid groups (broad SMARTS) is 1. The molecule has 0 spiro atoms. The second kappa shape index (κ2) is 7.52. The molecule has 2 rings (SSSR count). The lowest BCUT2D eigenvalue weighted by Crippen LogP contribution is -2.28. The zero-order chi connectivity index (χ0) is 18.6. The van der Waals surface area contributed by atoms with Gasteiger partial charge >= 0.3 is 5.97 Å². The second-order valence-corrected chi connectivity index (χ2v) is 5.23. The summed E-state index contributed by atoms with van der Waals surface area (Å²) in [6.07, 6.45) is 1.49. The number of hydrogen-bond acceptors (Lipinski definition) is 5. The molecule has 2 N–H and O–H groups in total. The number of carbonyl (C=O) groups excluding carboxylic acids is 1. The lowest BCUT2D eigenvalue weighted by Gasteiger charge is -2.14. The Kier molecular flexibility index (Phi) is 5.43. The van der Waals surface area contributed by atoms with Crippen LogP contribution in [0.15, 0.2) is 35.3 Å². The normalized spacial score (nSPS) is 10.2. The molecule has 0 radical (unpaired) electrons. The van der Waals surface area contributed by atoms with E-state index in [2.05, 4.69) is 5.32 Å². The molecule has 1 aromatic heterocycles. The Bertz CT molecular complexity index is 872. The van der Waals surface area contributed by atoms with Gasteiger partial charge < -0.3 is 24.5 Å². The number of ether oxygens (including phenoxy) is 2. The Morgan fingerprint density at radius 1 is 1.20 bits per heavy atom. The Hall–Kier alpha value is -3.29. The van der Waals surface area contributed by atoms with Crippen molar-refractivity contribution >= 4 is 17.6 Å². The van der Waals surface area contributed by atoms with E-state index in [1.807, 2.05) is 0 Å². The van der Waals surface area contributed by atoms with Crippen LogP contribution in [0.4, 0.5) is 5.69 Å². The molecule has 1 heterocycles. The fourth-order valence-electron chi connectivity index (χ4n) is 2.29. The van der Waals surface area contributed by atoms with Crippen molar-refractivity contribution in [2.75, 3.05) is 19.5 Å². The SMILES string of the molecule is COc1cc(NC(=O)Cn2cccc(C)c2=O)c(C(=O)O)cc1OC. The molecule has 0 saturated heterocycles. The summed E-state index contributed by atoms with van der Waals surface area (Å²) >= 11 is 0. The molecule has 0 saturated carbocycles. The summed E-state index contributed by atoms with van der Waals surface area (Å²) in [5, 5.41) is 11.8. The monoisotopic (exact) mass is 346 g/mol. The van der Waals surface area contributed by atoms with Crippen LogP contribution in [0.25, 0.3) is 0 Å². The molecule has 0 unspecified atom stereocenters. The number of aromatic carboxylic acids is 1. The Labute approximate surface area is 143 Å². The first kappa shape index (κ1) is 18.1. The number of anilines is 1. The zero-order valence-corrected chi connectivity index (χ0v) is 14.0. The number of methoxy groups -OCH3 is 2. The molecular weight excluding hydrogens is 328 g/mol. The topological polar surface area (TPSA) is 107 Å². The number of aromatic nitrogens is 1. The molecule has 2 aromatic rings. The van der Waals surface area contributed by atoms with E-state index in [4.69, 9.17) is 9.47 Å². The van der Waals surface area contributed by atoms with Crippen molar-refractivity contribution in [1.29, 1.82) is 0 Å². The summed E-state index contributed by atoms with van der Waals surface area (Å²) < 4.78 is 11.4. The fraction of sp³-hybridized carbons (Fsp3) is 0.235. The number of rotatable bonds is 6. The van der Waals surface area contributed by atoms with Crippen molar-refractivity contribution in [3.63, 3.8) is 0 Å². The standard InChI is InChI=1S/C17H18N2O6/c1-10-5-4-6-19(16(10)21)9-15(20)18-12-8-14(25-3)13(24-2)7-11(12)17(22)23/h4-8H,9H2,1-3H3,(H,18,20)(H,22,23). The fourth-order valence-corrected chi connectivity index (χ4v) is 2.29. The van der Waals surface area contributed by atoms with E-state index < -0.39 is 11.9 Å². The number of hydrogen-bond donors (Lipinski definition) is 2. The predicted molar refractivity (Wildman–Crippen MR) is 90.6 cm³/mol. The summed E-state index contributed by atoms with van der Waals surface area (Å²) in [6, 6.07) is 5.92. The molecule has 0 bridgehead atoms. The summed E-state index contributed by atoms with van der Waals surface area (Å²) in [4.78, 5) is 35.6. The summed E-state index contributed by atoms with van der Waals surface area (Å²) in [6.45, 7) is 1.40. The number of aryl methyl sites for hydroxylation is 1. The Morgan fingerprint density at radius 2 is 1.84 bits per heavy atom. The molecular formula is C17H18N2O6. The minimum absolute atomic E-state index is 0.0517. The number of carbonyl (C=O) groups is 2. The molecule has 25 heavy (non-hydrogen) atoms. The van der Waals surface area contributed by atoms with Gasteiger partial charge in [0.15, 0.2) is 11.5 Å². The maximum atomic E-state index is 12.2. The second-order valence-electron chi connectivity index (χ2n) is 5.23. The van der Waals surface area contributed by atoms with Crippen molar-refractivity contribution < 1.29 is 24.2 Å². The number of nitrogens with zero attached hydrogens (tertiary/aromatic N) is 1. The minimum Gasteiger partial charge on any atom is -0.493 e. The maximum absolute atomic E-state index is 12.2. The van der Waals surface area contributed by atoms with Gasteiger partial charge in [0.1, 0.15) is 6.54 Å². The number of amides is 1. The van der Waals surface area contributed by atoms with Crippen LogP contribution >= 0.6 is 0 Å². The largest absolute Gasteiger partial charge is 0.493 e. The van der Waals surface area contributed by atoms with Gasteiger partial charge in [0.25, 0.3) is 5.56 Å². The van der Waals surface area contributed by atoms with E-state index in [1.165, 1.54) is 37.1 Å². The Morgan fingerprint density at radius 3 is 2.44 bits per heavy atom. The highest BCUT2D eigenvalue weighted by atomic mass is 16.5. The van der Waals surface area contributed by atoms with Crippen LogP contribution in [0.1, 0.15) is 15.9 Å². The molecule has 0 aliphatic carbocycles. The van der Waals surface area contributed by atoms with Crippen molar-refractivity contribution in [3.8, 4) is 11.5 Å². The number of pyridine rings is 1. The molecule has 0 atom stereocenters. The van der Waals surface area contributed by atoms with E-state index in [9.17, 15) is 19.5 Å². The van der Waals surface area contributed by atoms with Gasteiger partial charge in [-0.1, -0.05) is 6.07 Å². The third-order valence-electron chi connectivity index (χ3n) is 3.55. The van der Waals surface area contributed by atoms with Gasteiger partial charge in [-0.2, -0.15) is 0 Å². The van der Waals surface area contributed by atoms with Crippen LogP contribution in [0.5, 0.6) is 11.5 Å². The summed E-state index contributed by atoms with van der Waals surface area (Å²) in [7, 11) is 2.78. The lowest BCUT2D eigenvalue weighted by atomic mass is 10.1. The van der Waals surface area contributed by atoms with E-state index in [1.54, 1.807) is 19.1 Å². The predicted octanol–water partition coefficient (Wildman–Crippen LogP) is 1.51. The van der Waals surface area contributed by atoms with Gasteiger partial charge in [-0.05, 0) is 13.0 Å². The number of carboxylic acids is 1. The van der Waals surface area contributed by atoms with Gasteiger partial charge in [-0.15, -0.1) is 0 Å². The van der Waals surface area contributed by atoms with Gasteiger partial charge in [0.2, 0.25) is 5.91 Å². The van der Waals surface area contributed by atoms with Gasteiger partial charge in [-0.25, -0.2) is 4.79 Å². The Balaban J connectivity index is 2.32. The van der Waals surface area contributed by atoms with Crippen molar-refractivity contribution in [3.05, 3.63) is 51.9 Å². The lowest BCUT2D eigenvalue weighted by molar-refractivity contribution is -0.116. The quantitative estimate of drug-likeness (QED) is 0.821. The van der Waals surface area contributed by atoms with Crippen molar-refractivity contribution in [1.82, 2.24) is 4.57 Å². The molecule has 0 fully saturated rings. The smallest absolute Gasteiger partial charge is 0.337 e. The molecule has 1 aromatic carbocycles. The first-order chi connectivity index (χ1) is 11.9.